The summed E-state index contributed by atoms with van der Waals surface area (Å²) in [6.45, 7) is 6.39. The number of benzene rings is 3. The SMILES string of the molecule is C[C@H](CC(=O)N1CCC(O)(Cn2cnc3c(-c4ccc(CNCCCNC(=O)CCCCCC(=O)NCC[NH+]=C/C=C(\N)c5cc(Cl)c(Cl)c6[nH]c7c(c56)CN(C(O)CO)CC7)cc4)n(C)nc3c2=O)CC1)c1ccccc1. The molecule has 21 heteroatoms. The van der Waals surface area contributed by atoms with Gasteiger partial charge in [0, 0.05) is 106 Å². The molecule has 0 bridgehead atoms. The third kappa shape index (κ3) is 14.4. The number of nitrogens with zero attached hydrogens (tertiary/aromatic N) is 6. The number of amides is 3. The summed E-state index contributed by atoms with van der Waals surface area (Å²) in [4.78, 5) is 66.5. The van der Waals surface area contributed by atoms with Crippen molar-refractivity contribution in [1.29, 1.82) is 0 Å². The molecule has 2 aliphatic rings. The van der Waals surface area contributed by atoms with E-state index < -0.39 is 11.8 Å². The van der Waals surface area contributed by atoms with E-state index >= 15 is 0 Å². The molecule has 10 N–H and O–H groups in total. The normalized spacial score (nSPS) is 15.7. The van der Waals surface area contributed by atoms with E-state index in [9.17, 15) is 34.5 Å². The van der Waals surface area contributed by atoms with Crippen molar-refractivity contribution in [2.24, 2.45) is 12.8 Å². The van der Waals surface area contributed by atoms with Gasteiger partial charge in [0.1, 0.15) is 11.7 Å². The van der Waals surface area contributed by atoms with Crippen LogP contribution in [0.3, 0.4) is 0 Å². The molecule has 3 amide bonds. The van der Waals surface area contributed by atoms with Gasteiger partial charge in [0.2, 0.25) is 17.7 Å². The highest BCUT2D eigenvalue weighted by atomic mass is 35.5. The monoisotopic (exact) mass is 1110 g/mol. The molecular formula is C57H73Cl2N12O7+. The molecule has 0 aliphatic carbocycles. The number of carbonyl (C=O) groups is 3. The van der Waals surface area contributed by atoms with E-state index in [0.717, 1.165) is 51.9 Å². The van der Waals surface area contributed by atoms with Crippen LogP contribution >= 0.6 is 23.2 Å². The minimum absolute atomic E-state index is 0.00369. The summed E-state index contributed by atoms with van der Waals surface area (Å²) in [5.41, 5.74) is 13.3. The van der Waals surface area contributed by atoms with Crippen LogP contribution < -0.4 is 32.2 Å². The van der Waals surface area contributed by atoms with Gasteiger partial charge in [-0.2, -0.15) is 5.10 Å². The number of aliphatic hydroxyl groups excluding tert-OH is 2. The van der Waals surface area contributed by atoms with Crippen LogP contribution in [-0.2, 0) is 47.5 Å². The minimum atomic E-state index is -1.16. The Labute approximate surface area is 463 Å². The molecule has 19 nitrogen and oxygen atoms in total. The molecule has 0 spiro atoms. The van der Waals surface area contributed by atoms with Crippen molar-refractivity contribution in [2.75, 3.05) is 52.4 Å². The Balaban J connectivity index is 0.677. The highest BCUT2D eigenvalue weighted by Crippen LogP contribution is 2.40. The first-order chi connectivity index (χ1) is 37.6. The highest BCUT2D eigenvalue weighted by molar-refractivity contribution is 6.45. The first-order valence-electron chi connectivity index (χ1n) is 27.0. The Kier molecular flexibility index (Phi) is 19.9. The van der Waals surface area contributed by atoms with E-state index in [1.165, 1.54) is 10.9 Å². The predicted molar refractivity (Wildman–Crippen MR) is 303 cm³/mol. The third-order valence-electron chi connectivity index (χ3n) is 14.9. The summed E-state index contributed by atoms with van der Waals surface area (Å²) in [7, 11) is 1.79. The highest BCUT2D eigenvalue weighted by Gasteiger charge is 2.35. The van der Waals surface area contributed by atoms with Crippen LogP contribution in [0.1, 0.15) is 98.6 Å². The number of nitrogens with two attached hydrogens (primary N) is 1. The molecular weight excluding hydrogens is 1040 g/mol. The molecule has 2 aliphatic heterocycles. The Morgan fingerprint density at radius 3 is 2.38 bits per heavy atom. The quantitative estimate of drug-likeness (QED) is 0.0294. The Bertz CT molecular complexity index is 3170. The van der Waals surface area contributed by atoms with Crippen LogP contribution in [-0.4, -0.2) is 138 Å². The number of H-pyrrole nitrogens is 1. The average Bonchev–Trinajstić information content (AvgIpc) is 4.08. The number of aryl methyl sites for hydroxylation is 1. The van der Waals surface area contributed by atoms with Gasteiger partial charge in [-0.3, -0.25) is 33.3 Å². The summed E-state index contributed by atoms with van der Waals surface area (Å²) >= 11 is 13.1. The largest absolute Gasteiger partial charge is 0.398 e. The fourth-order valence-corrected chi connectivity index (χ4v) is 10.8. The number of hydrogen-bond donors (Lipinski definition) is 9. The number of aliphatic hydroxyl groups is 3. The molecule has 0 radical (unpaired) electrons. The second-order valence-electron chi connectivity index (χ2n) is 20.6. The van der Waals surface area contributed by atoms with Crippen molar-refractivity contribution in [2.45, 2.75) is 109 Å². The molecule has 8 rings (SSSR count). The van der Waals surface area contributed by atoms with Crippen LogP contribution in [0, 0.1) is 0 Å². The standard InChI is InChI=1S/C57H72Cl2N12O7/c1-37(39-10-5-3-6-11-39)30-48(75)69-28-20-57(78,21-29-69)35-71-36-65-53-54(56(71)77)67-68(2)55(53)40-16-14-38(15-17-40)32-62-22-9-23-63-46(73)12-7-4-8-13-47(74)64-26-25-61-24-18-44(60)41-31-43(58)51(59)52-50(41)42-33-70(49(76)34-72)27-19-45(42)66-52/h3,5-6,10-11,14-18,24,31,36-37,49,62,66,72,76,78H,4,7-9,12-13,19-23,25-30,32-35,60H2,1-2H3,(H,63,73)(H,64,74)/p+1/b44-18-,61-24?/t37-,49?/m1/s1. The Morgan fingerprint density at radius 2 is 1.67 bits per heavy atom. The zero-order valence-corrected chi connectivity index (χ0v) is 46.0. The maximum Gasteiger partial charge on any atom is 0.281 e. The van der Waals surface area contributed by atoms with Crippen molar-refractivity contribution in [3.8, 4) is 11.3 Å². The number of piperidine rings is 1. The van der Waals surface area contributed by atoms with E-state index in [-0.39, 0.29) is 47.9 Å². The van der Waals surface area contributed by atoms with Crippen molar-refractivity contribution in [1.82, 2.24) is 50.1 Å². The van der Waals surface area contributed by atoms with Gasteiger partial charge in [-0.05, 0) is 67.3 Å². The molecule has 6 aromatic rings. The number of nitrogens with one attached hydrogen (secondary N) is 5. The van der Waals surface area contributed by atoms with Crippen LogP contribution in [0.5, 0.6) is 0 Å². The van der Waals surface area contributed by atoms with Gasteiger partial charge in [-0.1, -0.05) is 91.1 Å². The van der Waals surface area contributed by atoms with Gasteiger partial charge in [0.15, 0.2) is 18.3 Å². The number of unbranched alkanes of at least 4 members (excludes halogenated alkanes) is 2. The van der Waals surface area contributed by atoms with E-state index in [0.29, 0.717) is 143 Å². The second-order valence-corrected chi connectivity index (χ2v) is 21.4. The summed E-state index contributed by atoms with van der Waals surface area (Å²) in [5, 5.41) is 46.8. The number of halogens is 2. The summed E-state index contributed by atoms with van der Waals surface area (Å²) in [5.74, 6) is 0.104. The van der Waals surface area contributed by atoms with Crippen LogP contribution in [0.15, 0.2) is 77.9 Å². The zero-order chi connectivity index (χ0) is 55.3. The van der Waals surface area contributed by atoms with E-state index in [1.54, 1.807) is 35.0 Å². The lowest BCUT2D eigenvalue weighted by molar-refractivity contribution is -0.448. The lowest BCUT2D eigenvalue weighted by Crippen LogP contribution is -2.71. The number of aromatic nitrogens is 5. The molecule has 1 unspecified atom stereocenters. The Morgan fingerprint density at radius 1 is 0.949 bits per heavy atom. The summed E-state index contributed by atoms with van der Waals surface area (Å²) in [6.07, 6.45) is 9.41. The van der Waals surface area contributed by atoms with Crippen molar-refractivity contribution in [3.05, 3.63) is 121 Å². The molecule has 416 valence electrons. The summed E-state index contributed by atoms with van der Waals surface area (Å²) in [6, 6.07) is 19.7. The topological polar surface area (TPSA) is 263 Å². The van der Waals surface area contributed by atoms with Crippen molar-refractivity contribution < 1.29 is 34.7 Å². The van der Waals surface area contributed by atoms with Crippen LogP contribution in [0.25, 0.3) is 38.9 Å². The number of allylic oxidation sites excluding steroid dienone is 1. The molecule has 2 atom stereocenters. The predicted octanol–water partition coefficient (Wildman–Crippen LogP) is 3.62. The fraction of sp³-hybridized carbons (Fsp3) is 0.456. The van der Waals surface area contributed by atoms with Crippen LogP contribution in [0.4, 0.5) is 0 Å². The maximum absolute atomic E-state index is 13.7. The van der Waals surface area contributed by atoms with Gasteiger partial charge in [-0.25, -0.2) is 9.98 Å². The van der Waals surface area contributed by atoms with E-state index in [1.807, 2.05) is 66.4 Å². The Hall–Kier alpha value is -6.45. The fourth-order valence-electron chi connectivity index (χ4n) is 10.4. The smallest absolute Gasteiger partial charge is 0.281 e. The number of carbonyl (C=O) groups excluding carboxylic acids is 3. The minimum Gasteiger partial charge on any atom is -0.398 e. The van der Waals surface area contributed by atoms with Crippen molar-refractivity contribution >= 4 is 74.8 Å². The molecule has 3 aromatic carbocycles. The van der Waals surface area contributed by atoms with Gasteiger partial charge in [0.05, 0.1) is 52.9 Å². The van der Waals surface area contributed by atoms with Gasteiger partial charge in [0.25, 0.3) is 5.56 Å². The van der Waals surface area contributed by atoms with Gasteiger partial charge < -0.3 is 46.9 Å². The number of rotatable bonds is 25. The first kappa shape index (κ1) is 57.7. The lowest BCUT2D eigenvalue weighted by Gasteiger charge is -2.38. The second kappa shape index (κ2) is 26.9. The molecule has 1 saturated heterocycles. The number of aromatic amines is 1. The summed E-state index contributed by atoms with van der Waals surface area (Å²) < 4.78 is 3.09. The van der Waals surface area contributed by atoms with E-state index in [4.69, 9.17) is 28.9 Å². The van der Waals surface area contributed by atoms with Gasteiger partial charge >= 0.3 is 0 Å². The lowest BCUT2D eigenvalue weighted by atomic mass is 9.90. The molecule has 5 heterocycles. The number of likely N-dealkylation sites (tertiary alicyclic amines) is 1. The van der Waals surface area contributed by atoms with Crippen LogP contribution in [0.2, 0.25) is 10.0 Å². The molecule has 78 heavy (non-hydrogen) atoms. The molecule has 0 saturated carbocycles. The van der Waals surface area contributed by atoms with Crippen molar-refractivity contribution in [3.63, 3.8) is 0 Å². The molecule has 3 aromatic heterocycles. The molecule has 1 fully saturated rings. The zero-order valence-electron chi connectivity index (χ0n) is 44.5. The number of hydrogen-bond acceptors (Lipinski definition) is 12. The maximum atomic E-state index is 13.7. The van der Waals surface area contributed by atoms with E-state index in [2.05, 4.69) is 36.0 Å². The average molecular weight is 1110 g/mol. The van der Waals surface area contributed by atoms with Gasteiger partial charge in [-0.15, -0.1) is 0 Å². The third-order valence-corrected chi connectivity index (χ3v) is 15.7. The number of fused-ring (bicyclic) bond motifs is 4. The first-order valence-corrected chi connectivity index (χ1v) is 27.8.